The average molecular weight is 290 g/mol. The molecule has 1 unspecified atom stereocenters. The lowest BCUT2D eigenvalue weighted by Gasteiger charge is -2.14. The fourth-order valence-corrected chi connectivity index (χ4v) is 3.63. The molecule has 0 heterocycles. The van der Waals surface area contributed by atoms with Crippen LogP contribution in [0, 0.1) is 6.92 Å². The van der Waals surface area contributed by atoms with Gasteiger partial charge < -0.3 is 9.63 Å². The van der Waals surface area contributed by atoms with Crippen LogP contribution in [0.2, 0.25) is 0 Å². The molecule has 0 aliphatic rings. The van der Waals surface area contributed by atoms with Crippen LogP contribution >= 0.6 is 7.37 Å². The lowest BCUT2D eigenvalue weighted by molar-refractivity contribution is 0.0600. The fraction of sp³-hybridized carbons (Fsp3) is 0.133. The minimum absolute atomic E-state index is 0.291. The number of carbonyl (C=O) groups is 1. The largest absolute Gasteiger partial charge is 0.465 e. The second kappa shape index (κ2) is 5.61. The van der Waals surface area contributed by atoms with Gasteiger partial charge in [-0.05, 0) is 42.8 Å². The van der Waals surface area contributed by atoms with Gasteiger partial charge in [0.15, 0.2) is 0 Å². The molecule has 20 heavy (non-hydrogen) atoms. The topological polar surface area (TPSA) is 63.6 Å². The maximum absolute atomic E-state index is 12.6. The minimum atomic E-state index is -3.65. The molecule has 0 saturated heterocycles. The van der Waals surface area contributed by atoms with Crippen molar-refractivity contribution in [1.29, 1.82) is 0 Å². The van der Waals surface area contributed by atoms with Crippen LogP contribution in [0.4, 0.5) is 0 Å². The summed E-state index contributed by atoms with van der Waals surface area (Å²) in [7, 11) is -2.35. The van der Waals surface area contributed by atoms with Gasteiger partial charge in [0, 0.05) is 10.6 Å². The molecule has 5 heteroatoms. The van der Waals surface area contributed by atoms with Crippen molar-refractivity contribution in [3.63, 3.8) is 0 Å². The number of esters is 1. The molecule has 4 nitrogen and oxygen atoms in total. The monoisotopic (exact) mass is 290 g/mol. The van der Waals surface area contributed by atoms with E-state index >= 15 is 0 Å². The van der Waals surface area contributed by atoms with Crippen molar-refractivity contribution in [2.75, 3.05) is 7.11 Å². The van der Waals surface area contributed by atoms with Gasteiger partial charge in [0.2, 0.25) is 0 Å². The lowest BCUT2D eigenvalue weighted by Crippen LogP contribution is -2.18. The van der Waals surface area contributed by atoms with Gasteiger partial charge >= 0.3 is 5.97 Å². The van der Waals surface area contributed by atoms with Gasteiger partial charge in [0.25, 0.3) is 7.37 Å². The van der Waals surface area contributed by atoms with Gasteiger partial charge in [-0.3, -0.25) is 4.57 Å². The first-order chi connectivity index (χ1) is 9.46. The summed E-state index contributed by atoms with van der Waals surface area (Å²) in [5, 5.41) is 0.699. The minimum Gasteiger partial charge on any atom is -0.465 e. The molecule has 0 aromatic heterocycles. The Morgan fingerprint density at radius 1 is 1.10 bits per heavy atom. The van der Waals surface area contributed by atoms with Crippen molar-refractivity contribution in [2.24, 2.45) is 0 Å². The molecule has 2 aromatic rings. The summed E-state index contributed by atoms with van der Waals surface area (Å²) in [4.78, 5) is 21.7. The molecule has 2 rings (SSSR count). The van der Waals surface area contributed by atoms with Crippen LogP contribution in [0.3, 0.4) is 0 Å². The number of benzene rings is 2. The van der Waals surface area contributed by atoms with E-state index in [0.717, 1.165) is 5.56 Å². The molecule has 0 spiro atoms. The van der Waals surface area contributed by atoms with Crippen LogP contribution in [0.1, 0.15) is 15.9 Å². The van der Waals surface area contributed by atoms with Crippen LogP contribution in [0.5, 0.6) is 0 Å². The maximum atomic E-state index is 12.6. The van der Waals surface area contributed by atoms with Crippen molar-refractivity contribution in [3.05, 3.63) is 59.7 Å². The van der Waals surface area contributed by atoms with Crippen LogP contribution in [0.25, 0.3) is 0 Å². The molecule has 0 saturated carbocycles. The number of aryl methyl sites for hydroxylation is 1. The second-order valence-electron chi connectivity index (χ2n) is 4.40. The number of hydrogen-bond acceptors (Lipinski definition) is 3. The average Bonchev–Trinajstić information content (AvgIpc) is 2.47. The standard InChI is InChI=1S/C15H15O4P/c1-11-5-3-4-6-14(11)20(17,18)13-9-7-12(8-10-13)15(16)19-2/h3-10H,1-2H3,(H,17,18). The summed E-state index contributed by atoms with van der Waals surface area (Å²) in [5.41, 5.74) is 1.11. The number of rotatable bonds is 3. The predicted octanol–water partition coefficient (Wildman–Crippen LogP) is 2.00. The number of ether oxygens (including phenoxy) is 1. The SMILES string of the molecule is COC(=O)c1ccc(P(=O)(O)c2ccccc2C)cc1. The van der Waals surface area contributed by atoms with Crippen LogP contribution in [0.15, 0.2) is 48.5 Å². The van der Waals surface area contributed by atoms with E-state index < -0.39 is 13.3 Å². The van der Waals surface area contributed by atoms with Gasteiger partial charge in [-0.25, -0.2) is 4.79 Å². The summed E-state index contributed by atoms with van der Waals surface area (Å²) >= 11 is 0. The number of hydrogen-bond donors (Lipinski definition) is 1. The molecule has 1 N–H and O–H groups in total. The van der Waals surface area contributed by atoms with E-state index in [1.807, 2.05) is 6.07 Å². The highest BCUT2D eigenvalue weighted by Crippen LogP contribution is 2.39. The van der Waals surface area contributed by atoms with Gasteiger partial charge in [-0.1, -0.05) is 18.2 Å². The summed E-state index contributed by atoms with van der Waals surface area (Å²) in [6.07, 6.45) is 0. The smallest absolute Gasteiger partial charge is 0.337 e. The van der Waals surface area contributed by atoms with Crippen molar-refractivity contribution in [3.8, 4) is 0 Å². The Kier molecular flexibility index (Phi) is 4.07. The van der Waals surface area contributed by atoms with Crippen LogP contribution in [-0.4, -0.2) is 18.0 Å². The Morgan fingerprint density at radius 2 is 1.70 bits per heavy atom. The third kappa shape index (κ3) is 2.67. The van der Waals surface area contributed by atoms with E-state index in [1.165, 1.54) is 31.4 Å². The zero-order chi connectivity index (χ0) is 14.8. The van der Waals surface area contributed by atoms with Gasteiger partial charge in [0.1, 0.15) is 0 Å². The molecule has 0 radical (unpaired) electrons. The molecule has 0 aliphatic carbocycles. The Labute approximate surface area is 117 Å². The second-order valence-corrected chi connectivity index (χ2v) is 6.55. The highest BCUT2D eigenvalue weighted by molar-refractivity contribution is 7.73. The third-order valence-corrected chi connectivity index (χ3v) is 5.23. The molecular weight excluding hydrogens is 275 g/mol. The maximum Gasteiger partial charge on any atom is 0.337 e. The van der Waals surface area contributed by atoms with Crippen LogP contribution in [-0.2, 0) is 9.30 Å². The van der Waals surface area contributed by atoms with Gasteiger partial charge in [-0.15, -0.1) is 0 Å². The van der Waals surface area contributed by atoms with Crippen molar-refractivity contribution >= 4 is 23.9 Å². The third-order valence-electron chi connectivity index (χ3n) is 3.08. The van der Waals surface area contributed by atoms with E-state index in [2.05, 4.69) is 4.74 Å². The van der Waals surface area contributed by atoms with Gasteiger partial charge in [0.05, 0.1) is 12.7 Å². The molecule has 104 valence electrons. The molecule has 0 fully saturated rings. The van der Waals surface area contributed by atoms with Crippen molar-refractivity contribution in [2.45, 2.75) is 6.92 Å². The Morgan fingerprint density at radius 3 is 2.25 bits per heavy atom. The molecule has 0 amide bonds. The summed E-state index contributed by atoms with van der Waals surface area (Å²) in [6, 6.07) is 12.9. The normalized spacial score (nSPS) is 13.6. The number of methoxy groups -OCH3 is 1. The molecule has 1 atom stereocenters. The lowest BCUT2D eigenvalue weighted by atomic mass is 10.2. The summed E-state index contributed by atoms with van der Waals surface area (Å²) < 4.78 is 17.2. The summed E-state index contributed by atoms with van der Waals surface area (Å²) in [6.45, 7) is 1.79. The first-order valence-corrected chi connectivity index (χ1v) is 7.70. The predicted molar refractivity (Wildman–Crippen MR) is 78.1 cm³/mol. The van der Waals surface area contributed by atoms with Crippen molar-refractivity contribution in [1.82, 2.24) is 0 Å². The quantitative estimate of drug-likeness (QED) is 0.693. The Hall–Kier alpha value is -1.90. The van der Waals surface area contributed by atoms with E-state index in [-0.39, 0.29) is 0 Å². The fourth-order valence-electron chi connectivity index (χ4n) is 1.96. The molecule has 0 bridgehead atoms. The van der Waals surface area contributed by atoms with E-state index in [4.69, 9.17) is 0 Å². The Bertz CT molecular complexity index is 677. The Balaban J connectivity index is 2.43. The zero-order valence-electron chi connectivity index (χ0n) is 11.2. The van der Waals surface area contributed by atoms with E-state index in [1.54, 1.807) is 25.1 Å². The summed E-state index contributed by atoms with van der Waals surface area (Å²) in [5.74, 6) is -0.472. The van der Waals surface area contributed by atoms with Gasteiger partial charge in [-0.2, -0.15) is 0 Å². The highest BCUT2D eigenvalue weighted by atomic mass is 31.2. The highest BCUT2D eigenvalue weighted by Gasteiger charge is 2.25. The molecule has 0 aliphatic heterocycles. The molecular formula is C15H15O4P. The van der Waals surface area contributed by atoms with E-state index in [9.17, 15) is 14.3 Å². The first kappa shape index (κ1) is 14.5. The van der Waals surface area contributed by atoms with Crippen LogP contribution < -0.4 is 10.6 Å². The molecule has 2 aromatic carbocycles. The van der Waals surface area contributed by atoms with E-state index in [0.29, 0.717) is 16.2 Å². The first-order valence-electron chi connectivity index (χ1n) is 6.05. The van der Waals surface area contributed by atoms with Crippen molar-refractivity contribution < 1.29 is 19.0 Å². The number of carbonyl (C=O) groups excluding carboxylic acids is 1. The zero-order valence-corrected chi connectivity index (χ0v) is 12.1.